The van der Waals surface area contributed by atoms with Crippen LogP contribution in [0.2, 0.25) is 0 Å². The molecule has 5 rings (SSSR count). The molecule has 0 N–H and O–H groups in total. The summed E-state index contributed by atoms with van der Waals surface area (Å²) in [6.07, 6.45) is 10.9. The average molecular weight is 463 g/mol. The van der Waals surface area contributed by atoms with Gasteiger partial charge in [-0.3, -0.25) is 9.78 Å². The van der Waals surface area contributed by atoms with Gasteiger partial charge < -0.3 is 9.32 Å². The van der Waals surface area contributed by atoms with E-state index in [-0.39, 0.29) is 23.6 Å². The molecule has 0 spiro atoms. The molecule has 2 aliphatic rings. The summed E-state index contributed by atoms with van der Waals surface area (Å²) in [6, 6.07) is 11.0. The Kier molecular flexibility index (Phi) is 7.10. The molecule has 1 aromatic carbocycles. The first-order chi connectivity index (χ1) is 16.6. The van der Waals surface area contributed by atoms with Crippen LogP contribution in [0.3, 0.4) is 0 Å². The van der Waals surface area contributed by atoms with E-state index in [0.29, 0.717) is 11.7 Å². The molecule has 3 aromatic rings. The zero-order valence-corrected chi connectivity index (χ0v) is 20.1. The number of ketones is 1. The number of Topliss-reactive ketones (excluding diaryl/α,β-unsaturated/α-hetero) is 1. The predicted octanol–water partition coefficient (Wildman–Crippen LogP) is 6.72. The highest BCUT2D eigenvalue weighted by Crippen LogP contribution is 2.38. The van der Waals surface area contributed by atoms with E-state index in [0.717, 1.165) is 67.5 Å². The minimum atomic E-state index is -0.196. The van der Waals surface area contributed by atoms with Crippen LogP contribution in [0.5, 0.6) is 0 Å². The molecular weight excluding hydrogens is 427 g/mol. The highest BCUT2D eigenvalue weighted by molar-refractivity contribution is 5.87. The zero-order chi connectivity index (χ0) is 23.5. The Labute approximate surface area is 201 Å². The van der Waals surface area contributed by atoms with Crippen molar-refractivity contribution in [3.05, 3.63) is 65.9 Å². The summed E-state index contributed by atoms with van der Waals surface area (Å²) in [4.78, 5) is 20.5. The lowest BCUT2D eigenvalue weighted by molar-refractivity contribution is -0.125. The van der Waals surface area contributed by atoms with Gasteiger partial charge in [0.2, 0.25) is 0 Å². The second kappa shape index (κ2) is 10.4. The van der Waals surface area contributed by atoms with Crippen molar-refractivity contribution in [2.24, 2.45) is 11.8 Å². The van der Waals surface area contributed by atoms with Crippen molar-refractivity contribution < 1.29 is 13.6 Å². The number of fused-ring (bicyclic) bond motifs is 1. The Balaban J connectivity index is 1.26. The summed E-state index contributed by atoms with van der Waals surface area (Å²) < 4.78 is 20.0. The number of likely N-dealkylation sites (tertiary alicyclic amines) is 1. The molecule has 0 amide bonds. The summed E-state index contributed by atoms with van der Waals surface area (Å²) in [6.45, 7) is 5.02. The van der Waals surface area contributed by atoms with Crippen LogP contribution in [0.4, 0.5) is 4.39 Å². The summed E-state index contributed by atoms with van der Waals surface area (Å²) in [5.74, 6) is 0.916. The number of carbonyl (C=O) groups is 1. The van der Waals surface area contributed by atoms with Crippen molar-refractivity contribution in [3.63, 3.8) is 0 Å². The predicted molar refractivity (Wildman–Crippen MR) is 132 cm³/mol. The van der Waals surface area contributed by atoms with Crippen molar-refractivity contribution in [3.8, 4) is 0 Å². The molecule has 1 saturated heterocycles. The topological polar surface area (TPSA) is 46.3 Å². The lowest BCUT2D eigenvalue weighted by atomic mass is 9.79. The smallest absolute Gasteiger partial charge is 0.145 e. The monoisotopic (exact) mass is 462 g/mol. The van der Waals surface area contributed by atoms with E-state index in [2.05, 4.69) is 16.8 Å². The molecule has 1 saturated carbocycles. The number of benzene rings is 1. The number of piperidine rings is 1. The van der Waals surface area contributed by atoms with E-state index in [1.54, 1.807) is 24.6 Å². The van der Waals surface area contributed by atoms with Gasteiger partial charge in [0.25, 0.3) is 0 Å². The molecule has 3 heterocycles. The maximum Gasteiger partial charge on any atom is 0.145 e. The van der Waals surface area contributed by atoms with Gasteiger partial charge in [-0.2, -0.15) is 0 Å². The van der Waals surface area contributed by atoms with E-state index in [1.807, 2.05) is 24.3 Å². The number of pyridine rings is 1. The van der Waals surface area contributed by atoms with E-state index >= 15 is 0 Å². The Bertz CT molecular complexity index is 1110. The number of hydrogen-bond acceptors (Lipinski definition) is 4. The fraction of sp³-hybridized carbons (Fsp3) is 0.517. The molecule has 3 atom stereocenters. The fourth-order valence-corrected chi connectivity index (χ4v) is 6.25. The summed E-state index contributed by atoms with van der Waals surface area (Å²) >= 11 is 0. The van der Waals surface area contributed by atoms with Crippen molar-refractivity contribution in [2.45, 2.75) is 63.7 Å². The van der Waals surface area contributed by atoms with Crippen LogP contribution in [-0.4, -0.2) is 35.3 Å². The van der Waals surface area contributed by atoms with Crippen molar-refractivity contribution in [2.75, 3.05) is 19.6 Å². The Morgan fingerprint density at radius 3 is 2.79 bits per heavy atom. The first-order valence-electron chi connectivity index (χ1n) is 12.9. The minimum Gasteiger partial charge on any atom is -0.464 e. The third-order valence-corrected chi connectivity index (χ3v) is 8.06. The van der Waals surface area contributed by atoms with Crippen molar-refractivity contribution >= 4 is 16.8 Å². The van der Waals surface area contributed by atoms with E-state index in [1.165, 1.54) is 19.3 Å². The summed E-state index contributed by atoms with van der Waals surface area (Å²) in [7, 11) is 0. The van der Waals surface area contributed by atoms with Crippen LogP contribution in [0.25, 0.3) is 11.0 Å². The lowest BCUT2D eigenvalue weighted by Crippen LogP contribution is -2.40. The van der Waals surface area contributed by atoms with Crippen LogP contribution in [0.15, 0.2) is 53.3 Å². The van der Waals surface area contributed by atoms with Gasteiger partial charge in [-0.05, 0) is 80.9 Å². The molecule has 1 unspecified atom stereocenters. The molecule has 180 valence electrons. The lowest BCUT2D eigenvalue weighted by Gasteiger charge is -2.38. The highest BCUT2D eigenvalue weighted by Gasteiger charge is 2.33. The van der Waals surface area contributed by atoms with Gasteiger partial charge in [0.1, 0.15) is 17.2 Å². The molecule has 5 heteroatoms. The van der Waals surface area contributed by atoms with Gasteiger partial charge in [0.15, 0.2) is 0 Å². The second-order valence-corrected chi connectivity index (χ2v) is 10.3. The Morgan fingerprint density at radius 1 is 1.18 bits per heavy atom. The Morgan fingerprint density at radius 2 is 2.03 bits per heavy atom. The van der Waals surface area contributed by atoms with Gasteiger partial charge in [0, 0.05) is 29.6 Å². The first-order valence-corrected chi connectivity index (χ1v) is 12.9. The van der Waals surface area contributed by atoms with E-state index in [4.69, 9.17) is 4.42 Å². The van der Waals surface area contributed by atoms with Crippen LogP contribution in [0, 0.1) is 17.7 Å². The first kappa shape index (κ1) is 23.2. The number of furan rings is 1. The fourth-order valence-electron chi connectivity index (χ4n) is 6.25. The molecule has 2 aromatic heterocycles. The molecule has 1 aliphatic carbocycles. The molecule has 1 aliphatic heterocycles. The van der Waals surface area contributed by atoms with Crippen molar-refractivity contribution in [1.82, 2.24) is 9.88 Å². The molecular formula is C29H35FN2O2. The van der Waals surface area contributed by atoms with Crippen LogP contribution >= 0.6 is 0 Å². The number of carbonyl (C=O) groups excluding carboxylic acids is 1. The molecule has 4 nitrogen and oxygen atoms in total. The summed E-state index contributed by atoms with van der Waals surface area (Å²) in [5.41, 5.74) is 2.73. The van der Waals surface area contributed by atoms with Gasteiger partial charge >= 0.3 is 0 Å². The van der Waals surface area contributed by atoms with Gasteiger partial charge in [-0.1, -0.05) is 32.3 Å². The summed E-state index contributed by atoms with van der Waals surface area (Å²) in [5, 5.41) is 0.837. The standard InChI is InChI=1S/C29H35FN2O2/c1-20-19-32(14-10-24(20)26-18-23(30)17-22-12-16-34-29(22)26)15-11-25(27-9-5-6-13-31-27)28(33)21-7-3-2-4-8-21/h5-6,9,12-13,16-18,20-21,24-25H,2-4,7-8,10-11,14-15,19H2,1H3/t20-,24+,25?/m1/s1. The maximum absolute atomic E-state index is 14.2. The second-order valence-electron chi connectivity index (χ2n) is 10.3. The van der Waals surface area contributed by atoms with E-state index in [9.17, 15) is 9.18 Å². The molecule has 0 bridgehead atoms. The normalized spacial score (nSPS) is 23.2. The molecule has 34 heavy (non-hydrogen) atoms. The number of aromatic nitrogens is 1. The van der Waals surface area contributed by atoms with Crippen molar-refractivity contribution in [1.29, 1.82) is 0 Å². The van der Waals surface area contributed by atoms with Gasteiger partial charge in [-0.25, -0.2) is 4.39 Å². The molecule has 2 fully saturated rings. The molecule has 0 radical (unpaired) electrons. The number of hydrogen-bond donors (Lipinski definition) is 0. The van der Waals surface area contributed by atoms with Crippen LogP contribution in [-0.2, 0) is 4.79 Å². The largest absolute Gasteiger partial charge is 0.464 e. The van der Waals surface area contributed by atoms with E-state index < -0.39 is 0 Å². The number of rotatable bonds is 7. The third-order valence-electron chi connectivity index (χ3n) is 8.06. The third kappa shape index (κ3) is 4.95. The maximum atomic E-state index is 14.2. The van der Waals surface area contributed by atoms with Crippen LogP contribution in [0.1, 0.15) is 75.0 Å². The average Bonchev–Trinajstić information content (AvgIpc) is 3.33. The quantitative estimate of drug-likeness (QED) is 0.391. The number of halogens is 1. The van der Waals surface area contributed by atoms with Gasteiger partial charge in [-0.15, -0.1) is 0 Å². The Hall–Kier alpha value is -2.53. The number of nitrogens with zero attached hydrogens (tertiary/aromatic N) is 2. The zero-order valence-electron chi connectivity index (χ0n) is 20.1. The van der Waals surface area contributed by atoms with Gasteiger partial charge in [0.05, 0.1) is 17.9 Å². The van der Waals surface area contributed by atoms with Crippen LogP contribution < -0.4 is 0 Å². The minimum absolute atomic E-state index is 0.122. The highest BCUT2D eigenvalue weighted by atomic mass is 19.1. The SMILES string of the molecule is C[C@@H]1CN(CCC(C(=O)C2CCCCC2)c2ccccn2)CC[C@@H]1c1cc(F)cc2ccoc12.